The van der Waals surface area contributed by atoms with Gasteiger partial charge < -0.3 is 5.11 Å². The summed E-state index contributed by atoms with van der Waals surface area (Å²) in [5, 5.41) is 9.91. The van der Waals surface area contributed by atoms with E-state index in [1.54, 1.807) is 0 Å². The fraction of sp³-hybridized carbons (Fsp3) is 0.194. The van der Waals surface area contributed by atoms with E-state index >= 15 is 0 Å². The summed E-state index contributed by atoms with van der Waals surface area (Å²) in [4.78, 5) is 14.4. The zero-order valence-electron chi connectivity index (χ0n) is 19.8. The van der Waals surface area contributed by atoms with E-state index in [1.165, 1.54) is 11.1 Å². The Balaban J connectivity index is 1.78. The van der Waals surface area contributed by atoms with Crippen LogP contribution in [0.25, 0.3) is 11.1 Å². The van der Waals surface area contributed by atoms with E-state index < -0.39 is 5.97 Å². The third kappa shape index (κ3) is 5.81. The van der Waals surface area contributed by atoms with Crippen molar-refractivity contribution in [3.8, 4) is 11.1 Å². The van der Waals surface area contributed by atoms with Gasteiger partial charge in [0.2, 0.25) is 0 Å². The standard InChI is InChI=1S/C31H31NO2/c1-23-11-9-16-27(19-23)28-17-10-18-29(20-28)30(21-31(33)34)32(22-25-12-5-3-6-13-25)24(2)26-14-7-4-8-15-26/h3-20,24,30H,21-22H2,1-2H3,(H,33,34). The Morgan fingerprint density at radius 2 is 1.35 bits per heavy atom. The normalized spacial score (nSPS) is 12.9. The second-order valence-electron chi connectivity index (χ2n) is 8.85. The largest absolute Gasteiger partial charge is 0.481 e. The molecular weight excluding hydrogens is 418 g/mol. The Kier molecular flexibility index (Phi) is 7.56. The number of rotatable bonds is 9. The molecule has 1 N–H and O–H groups in total. The molecule has 0 amide bonds. The molecule has 0 bridgehead atoms. The van der Waals surface area contributed by atoms with Crippen LogP contribution in [0.2, 0.25) is 0 Å². The van der Waals surface area contributed by atoms with Crippen molar-refractivity contribution in [1.29, 1.82) is 0 Å². The van der Waals surface area contributed by atoms with Crippen LogP contribution in [-0.2, 0) is 11.3 Å². The third-order valence-corrected chi connectivity index (χ3v) is 6.38. The number of nitrogens with zero attached hydrogens (tertiary/aromatic N) is 1. The number of benzene rings is 4. The number of carboxylic acids is 1. The summed E-state index contributed by atoms with van der Waals surface area (Å²) in [5.74, 6) is -0.802. The zero-order valence-corrected chi connectivity index (χ0v) is 19.8. The van der Waals surface area contributed by atoms with Gasteiger partial charge in [-0.3, -0.25) is 9.69 Å². The van der Waals surface area contributed by atoms with Gasteiger partial charge in [0.15, 0.2) is 0 Å². The van der Waals surface area contributed by atoms with Gasteiger partial charge in [-0.05, 0) is 47.7 Å². The van der Waals surface area contributed by atoms with Crippen molar-refractivity contribution in [3.05, 3.63) is 131 Å². The molecule has 0 aliphatic carbocycles. The number of carboxylic acid groups (broad SMARTS) is 1. The van der Waals surface area contributed by atoms with E-state index in [1.807, 2.05) is 42.5 Å². The first kappa shape index (κ1) is 23.5. The van der Waals surface area contributed by atoms with Crippen LogP contribution in [0.3, 0.4) is 0 Å². The highest BCUT2D eigenvalue weighted by Gasteiger charge is 2.28. The lowest BCUT2D eigenvalue weighted by atomic mass is 9.93. The van der Waals surface area contributed by atoms with Crippen LogP contribution >= 0.6 is 0 Å². The van der Waals surface area contributed by atoms with Crippen molar-refractivity contribution >= 4 is 5.97 Å². The van der Waals surface area contributed by atoms with Gasteiger partial charge in [0.05, 0.1) is 6.42 Å². The van der Waals surface area contributed by atoms with E-state index in [-0.39, 0.29) is 18.5 Å². The first-order valence-electron chi connectivity index (χ1n) is 11.7. The van der Waals surface area contributed by atoms with E-state index in [9.17, 15) is 9.90 Å². The predicted molar refractivity (Wildman–Crippen MR) is 138 cm³/mol. The third-order valence-electron chi connectivity index (χ3n) is 6.38. The predicted octanol–water partition coefficient (Wildman–Crippen LogP) is 7.44. The number of aryl methyl sites for hydroxylation is 1. The monoisotopic (exact) mass is 449 g/mol. The summed E-state index contributed by atoms with van der Waals surface area (Å²) < 4.78 is 0. The zero-order chi connectivity index (χ0) is 23.9. The highest BCUT2D eigenvalue weighted by molar-refractivity contribution is 5.69. The van der Waals surface area contributed by atoms with Crippen LogP contribution in [0, 0.1) is 6.92 Å². The molecule has 0 radical (unpaired) electrons. The Morgan fingerprint density at radius 3 is 2.00 bits per heavy atom. The van der Waals surface area contributed by atoms with Crippen molar-refractivity contribution in [2.45, 2.75) is 38.9 Å². The second kappa shape index (κ2) is 11.0. The van der Waals surface area contributed by atoms with E-state index in [4.69, 9.17) is 0 Å². The molecular formula is C31H31NO2. The molecule has 0 saturated carbocycles. The molecule has 0 saturated heterocycles. The summed E-state index contributed by atoms with van der Waals surface area (Å²) in [7, 11) is 0. The van der Waals surface area contributed by atoms with Gasteiger partial charge in [-0.2, -0.15) is 0 Å². The topological polar surface area (TPSA) is 40.5 Å². The van der Waals surface area contributed by atoms with Crippen LogP contribution in [0.5, 0.6) is 0 Å². The van der Waals surface area contributed by atoms with E-state index in [0.717, 1.165) is 22.3 Å². The maximum absolute atomic E-state index is 12.1. The van der Waals surface area contributed by atoms with Crippen molar-refractivity contribution in [3.63, 3.8) is 0 Å². The molecule has 0 aliphatic heterocycles. The highest BCUT2D eigenvalue weighted by Crippen LogP contribution is 2.36. The van der Waals surface area contributed by atoms with Crippen LogP contribution in [0.15, 0.2) is 109 Å². The van der Waals surface area contributed by atoms with E-state index in [2.05, 4.69) is 85.5 Å². The molecule has 0 aliphatic rings. The molecule has 4 rings (SSSR count). The average molecular weight is 450 g/mol. The van der Waals surface area contributed by atoms with E-state index in [0.29, 0.717) is 6.54 Å². The van der Waals surface area contributed by atoms with Crippen LogP contribution in [0.1, 0.15) is 47.7 Å². The number of hydrogen-bond donors (Lipinski definition) is 1. The van der Waals surface area contributed by atoms with Gasteiger partial charge in [0.1, 0.15) is 0 Å². The van der Waals surface area contributed by atoms with Gasteiger partial charge in [0, 0.05) is 18.6 Å². The summed E-state index contributed by atoms with van der Waals surface area (Å²) in [6.45, 7) is 4.91. The maximum Gasteiger partial charge on any atom is 0.305 e. The second-order valence-corrected chi connectivity index (χ2v) is 8.85. The Hall–Kier alpha value is -3.69. The summed E-state index contributed by atoms with van der Waals surface area (Å²) in [6, 6.07) is 37.1. The first-order valence-corrected chi connectivity index (χ1v) is 11.7. The molecule has 0 spiro atoms. The van der Waals surface area contributed by atoms with Crippen molar-refractivity contribution in [2.24, 2.45) is 0 Å². The van der Waals surface area contributed by atoms with Gasteiger partial charge >= 0.3 is 5.97 Å². The van der Waals surface area contributed by atoms with Crippen LogP contribution < -0.4 is 0 Å². The molecule has 34 heavy (non-hydrogen) atoms. The van der Waals surface area contributed by atoms with Gasteiger partial charge in [-0.25, -0.2) is 0 Å². The average Bonchev–Trinajstić information content (AvgIpc) is 2.87. The van der Waals surface area contributed by atoms with Gasteiger partial charge in [-0.15, -0.1) is 0 Å². The smallest absolute Gasteiger partial charge is 0.305 e. The molecule has 0 fully saturated rings. The molecule has 2 unspecified atom stereocenters. The van der Waals surface area contributed by atoms with Gasteiger partial charge in [-0.1, -0.05) is 109 Å². The fourth-order valence-corrected chi connectivity index (χ4v) is 4.58. The summed E-state index contributed by atoms with van der Waals surface area (Å²) in [5.41, 5.74) is 6.79. The minimum absolute atomic E-state index is 0.0290. The van der Waals surface area contributed by atoms with Crippen molar-refractivity contribution < 1.29 is 9.90 Å². The van der Waals surface area contributed by atoms with Crippen LogP contribution in [-0.4, -0.2) is 16.0 Å². The molecule has 4 aromatic rings. The lowest BCUT2D eigenvalue weighted by Gasteiger charge is -2.37. The molecule has 3 heteroatoms. The maximum atomic E-state index is 12.1. The quantitative estimate of drug-likeness (QED) is 0.289. The van der Waals surface area contributed by atoms with Crippen molar-refractivity contribution in [1.82, 2.24) is 4.90 Å². The summed E-state index contributed by atoms with van der Waals surface area (Å²) >= 11 is 0. The number of carbonyl (C=O) groups is 1. The SMILES string of the molecule is Cc1cccc(-c2cccc(C(CC(=O)O)N(Cc3ccccc3)C(C)c3ccccc3)c2)c1. The molecule has 3 nitrogen and oxygen atoms in total. The lowest BCUT2D eigenvalue weighted by Crippen LogP contribution is -2.32. The minimum atomic E-state index is -0.802. The highest BCUT2D eigenvalue weighted by atomic mass is 16.4. The molecule has 2 atom stereocenters. The van der Waals surface area contributed by atoms with Gasteiger partial charge in [0.25, 0.3) is 0 Å². The summed E-state index contributed by atoms with van der Waals surface area (Å²) in [6.07, 6.45) is 0.0290. The Labute approximate surface area is 202 Å². The lowest BCUT2D eigenvalue weighted by molar-refractivity contribution is -0.138. The minimum Gasteiger partial charge on any atom is -0.481 e. The number of hydrogen-bond acceptors (Lipinski definition) is 2. The molecule has 172 valence electrons. The molecule has 4 aromatic carbocycles. The Morgan fingerprint density at radius 1 is 0.765 bits per heavy atom. The van der Waals surface area contributed by atoms with Crippen molar-refractivity contribution in [2.75, 3.05) is 0 Å². The fourth-order valence-electron chi connectivity index (χ4n) is 4.58. The molecule has 0 aromatic heterocycles. The molecule has 0 heterocycles. The van der Waals surface area contributed by atoms with Crippen LogP contribution in [0.4, 0.5) is 0 Å². The Bertz CT molecular complexity index is 1220. The first-order chi connectivity index (χ1) is 16.5. The number of aliphatic carboxylic acids is 1.